The van der Waals surface area contributed by atoms with Gasteiger partial charge in [-0.3, -0.25) is 0 Å². The number of ether oxygens (including phenoxy) is 8. The minimum Gasteiger partial charge on any atom is -0.493 e. The molecule has 0 saturated carbocycles. The third-order valence-corrected chi connectivity index (χ3v) is 16.2. The molecule has 4 unspecified atom stereocenters. The van der Waals surface area contributed by atoms with Gasteiger partial charge in [-0.05, 0) is 214 Å². The lowest BCUT2D eigenvalue weighted by atomic mass is 9.63. The topological polar surface area (TPSA) is 122 Å². The van der Waals surface area contributed by atoms with Gasteiger partial charge in [0.15, 0.2) is 46.0 Å². The Labute approximate surface area is 412 Å². The summed E-state index contributed by atoms with van der Waals surface area (Å²) >= 11 is 0. The van der Waals surface area contributed by atoms with Gasteiger partial charge in [0.05, 0.1) is 56.9 Å². The predicted octanol–water partition coefficient (Wildman–Crippen LogP) is 10.1. The Morgan fingerprint density at radius 3 is 0.754 bits per heavy atom. The fourth-order valence-electron chi connectivity index (χ4n) is 12.5. The number of hydrogen-bond acceptors (Lipinski definition) is 12. The van der Waals surface area contributed by atoms with Crippen LogP contribution in [0.15, 0.2) is 48.5 Å². The summed E-state index contributed by atoms with van der Waals surface area (Å²) in [4.78, 5) is 0. The average Bonchev–Trinajstić information content (AvgIpc) is 3.38. The lowest BCUT2D eigenvalue weighted by Crippen LogP contribution is -2.36. The molecule has 12 heteroatoms. The van der Waals surface area contributed by atoms with Crippen molar-refractivity contribution >= 4 is 0 Å². The molecule has 0 amide bonds. The number of nitrogens with one attached hydrogen (secondary N) is 4. The van der Waals surface area contributed by atoms with Gasteiger partial charge in [0.25, 0.3) is 0 Å². The van der Waals surface area contributed by atoms with Crippen LogP contribution < -0.4 is 59.2 Å². The zero-order chi connectivity index (χ0) is 48.7. The smallest absolute Gasteiger partial charge is 0.161 e. The first kappa shape index (κ1) is 50.5. The van der Waals surface area contributed by atoms with E-state index >= 15 is 0 Å². The van der Waals surface area contributed by atoms with Gasteiger partial charge >= 0.3 is 0 Å². The first-order chi connectivity index (χ1) is 33.5. The summed E-state index contributed by atoms with van der Waals surface area (Å²) in [6.45, 7) is 8.95. The zero-order valence-corrected chi connectivity index (χ0v) is 43.2. The van der Waals surface area contributed by atoms with E-state index in [9.17, 15) is 0 Å². The fraction of sp³-hybridized carbons (Fsp3) is 0.579. The van der Waals surface area contributed by atoms with E-state index in [4.69, 9.17) is 37.9 Å². The van der Waals surface area contributed by atoms with Crippen LogP contribution in [0.2, 0.25) is 0 Å². The van der Waals surface area contributed by atoms with Crippen molar-refractivity contribution < 1.29 is 37.9 Å². The Morgan fingerprint density at radius 1 is 0.348 bits per heavy atom. The molecule has 12 nitrogen and oxygen atoms in total. The Balaban J connectivity index is 1.13. The lowest BCUT2D eigenvalue weighted by molar-refractivity contribution is 0.0973. The van der Waals surface area contributed by atoms with Crippen LogP contribution in [-0.4, -0.2) is 83.1 Å². The molecule has 0 saturated heterocycles. The second kappa shape index (κ2) is 22.5. The van der Waals surface area contributed by atoms with Crippen molar-refractivity contribution in [3.63, 3.8) is 0 Å². The summed E-state index contributed by atoms with van der Waals surface area (Å²) < 4.78 is 46.5. The molecular weight excluding hydrogens is 869 g/mol. The summed E-state index contributed by atoms with van der Waals surface area (Å²) in [5, 5.41) is 15.8. The third kappa shape index (κ3) is 11.2. The summed E-state index contributed by atoms with van der Waals surface area (Å²) in [5.74, 6) is 6.35. The van der Waals surface area contributed by atoms with Gasteiger partial charge in [0.2, 0.25) is 0 Å². The van der Waals surface area contributed by atoms with Gasteiger partial charge in [-0.1, -0.05) is 13.8 Å². The minimum absolute atomic E-state index is 0.00339. The number of methoxy groups -OCH3 is 8. The molecule has 4 aliphatic rings. The molecule has 376 valence electrons. The molecule has 0 radical (unpaired) electrons. The van der Waals surface area contributed by atoms with E-state index < -0.39 is 0 Å². The summed E-state index contributed by atoms with van der Waals surface area (Å²) in [7, 11) is 13.9. The summed E-state index contributed by atoms with van der Waals surface area (Å²) in [6.07, 6.45) is 13.3. The van der Waals surface area contributed by atoms with E-state index in [1.165, 1.54) is 44.5 Å². The van der Waals surface area contributed by atoms with Gasteiger partial charge in [0, 0.05) is 24.2 Å². The number of fused-ring (bicyclic) bond motifs is 4. The second-order valence-corrected chi connectivity index (χ2v) is 20.6. The van der Waals surface area contributed by atoms with E-state index in [1.807, 2.05) is 0 Å². The summed E-state index contributed by atoms with van der Waals surface area (Å²) in [6, 6.07) is 18.5. The van der Waals surface area contributed by atoms with E-state index in [-0.39, 0.29) is 35.0 Å². The molecule has 0 bridgehead atoms. The third-order valence-electron chi connectivity index (χ3n) is 16.2. The van der Waals surface area contributed by atoms with Gasteiger partial charge in [-0.15, -0.1) is 0 Å². The number of rotatable bonds is 22. The molecule has 0 fully saturated rings. The molecule has 4 heterocycles. The molecule has 4 atom stereocenters. The average molecular weight is 949 g/mol. The number of benzene rings is 4. The van der Waals surface area contributed by atoms with Gasteiger partial charge in [-0.2, -0.15) is 0 Å². The highest BCUT2D eigenvalue weighted by atomic mass is 16.5. The monoisotopic (exact) mass is 949 g/mol. The molecule has 4 N–H and O–H groups in total. The molecule has 4 aromatic carbocycles. The van der Waals surface area contributed by atoms with Crippen LogP contribution in [0.1, 0.15) is 140 Å². The van der Waals surface area contributed by atoms with Crippen molar-refractivity contribution in [2.24, 2.45) is 10.8 Å². The van der Waals surface area contributed by atoms with Crippen molar-refractivity contribution in [1.29, 1.82) is 0 Å². The molecule has 0 spiro atoms. The first-order valence-corrected chi connectivity index (χ1v) is 25.4. The largest absolute Gasteiger partial charge is 0.493 e. The normalized spacial score (nSPS) is 21.2. The van der Waals surface area contributed by atoms with E-state index in [2.05, 4.69) is 83.6 Å². The molecule has 4 aliphatic heterocycles. The van der Waals surface area contributed by atoms with Crippen LogP contribution in [0.5, 0.6) is 46.0 Å². The van der Waals surface area contributed by atoms with Crippen LogP contribution >= 0.6 is 0 Å². The summed E-state index contributed by atoms with van der Waals surface area (Å²) in [5.41, 5.74) is 10.7. The fourth-order valence-corrected chi connectivity index (χ4v) is 12.5. The SMILES string of the molecule is COc1cc2c(cc1OC)C(CCC(C)(CCC1NCCc3cc(OC)c(OC)cc31)CC(C)(CCC1NCCc3cc(OC)c(OC)cc31)CCC1NCCc3cc(OC)c(OC)cc31)NCC2. The molecule has 69 heavy (non-hydrogen) atoms. The molecule has 0 aliphatic carbocycles. The first-order valence-electron chi connectivity index (χ1n) is 25.4. The van der Waals surface area contributed by atoms with Crippen molar-refractivity contribution in [3.8, 4) is 46.0 Å². The standard InChI is InChI=1S/C57H80N4O8/c1-56(19-11-44-40-31-52(66-7)48(62-3)27-36(40)15-23-58-44,20-12-45-41-32-53(67-8)49(63-4)28-37(41)16-24-59-45)35-57(2,21-13-46-42-33-54(68-9)50(64-5)29-38(42)17-25-60-46)22-14-47-43-34-55(69-10)51(65-6)30-39(43)18-26-61-47/h27-34,44-47,58-61H,11-26,35H2,1-10H3. The van der Waals surface area contributed by atoms with Gasteiger partial charge in [0.1, 0.15) is 0 Å². The molecule has 4 aromatic rings. The van der Waals surface area contributed by atoms with Gasteiger partial charge in [-0.25, -0.2) is 0 Å². The van der Waals surface area contributed by atoms with Crippen molar-refractivity contribution in [1.82, 2.24) is 21.3 Å². The Morgan fingerprint density at radius 2 is 0.551 bits per heavy atom. The maximum Gasteiger partial charge on any atom is 0.161 e. The van der Waals surface area contributed by atoms with Crippen molar-refractivity contribution in [3.05, 3.63) is 93.0 Å². The van der Waals surface area contributed by atoms with Crippen LogP contribution in [0.25, 0.3) is 0 Å². The quantitative estimate of drug-likeness (QED) is 0.0600. The molecule has 0 aromatic heterocycles. The predicted molar refractivity (Wildman–Crippen MR) is 274 cm³/mol. The van der Waals surface area contributed by atoms with E-state index in [0.717, 1.165) is 156 Å². The van der Waals surface area contributed by atoms with E-state index in [1.54, 1.807) is 56.9 Å². The number of hydrogen-bond donors (Lipinski definition) is 4. The Hall–Kier alpha value is -4.88. The van der Waals surface area contributed by atoms with Crippen LogP contribution in [0, 0.1) is 10.8 Å². The maximum absolute atomic E-state index is 5.86. The molecular formula is C57H80N4O8. The lowest BCUT2D eigenvalue weighted by Gasteiger charge is -2.44. The van der Waals surface area contributed by atoms with Crippen LogP contribution in [0.3, 0.4) is 0 Å². The van der Waals surface area contributed by atoms with Crippen molar-refractivity contribution in [2.45, 2.75) is 121 Å². The van der Waals surface area contributed by atoms with E-state index in [0.29, 0.717) is 0 Å². The highest BCUT2D eigenvalue weighted by molar-refractivity contribution is 5.52. The van der Waals surface area contributed by atoms with Crippen LogP contribution in [-0.2, 0) is 25.7 Å². The Bertz CT molecular complexity index is 2070. The highest BCUT2D eigenvalue weighted by Gasteiger charge is 2.39. The Kier molecular flexibility index (Phi) is 16.4. The highest BCUT2D eigenvalue weighted by Crippen LogP contribution is 2.51. The maximum atomic E-state index is 5.86. The second-order valence-electron chi connectivity index (χ2n) is 20.6. The minimum atomic E-state index is 0.00339. The van der Waals surface area contributed by atoms with Gasteiger partial charge < -0.3 is 59.2 Å². The molecule has 8 rings (SSSR count). The zero-order valence-electron chi connectivity index (χ0n) is 43.2. The van der Waals surface area contributed by atoms with Crippen molar-refractivity contribution in [2.75, 3.05) is 83.1 Å². The van der Waals surface area contributed by atoms with Crippen LogP contribution in [0.4, 0.5) is 0 Å².